The van der Waals surface area contributed by atoms with Gasteiger partial charge in [0.25, 0.3) is 5.91 Å². The Bertz CT molecular complexity index is 836. The van der Waals surface area contributed by atoms with Crippen LogP contribution in [0.5, 0.6) is 0 Å². The molecule has 24 heavy (non-hydrogen) atoms. The Balaban J connectivity index is 1.99. The van der Waals surface area contributed by atoms with Crippen LogP contribution in [-0.4, -0.2) is 17.4 Å². The highest BCUT2D eigenvalue weighted by molar-refractivity contribution is 6.30. The van der Waals surface area contributed by atoms with E-state index in [0.717, 1.165) is 23.0 Å². The molecule has 3 nitrogen and oxygen atoms in total. The predicted octanol–water partition coefficient (Wildman–Crippen LogP) is 5.51. The van der Waals surface area contributed by atoms with Crippen LogP contribution in [0.1, 0.15) is 30.6 Å². The molecule has 0 aliphatic heterocycles. The number of para-hydroxylation sites is 1. The van der Waals surface area contributed by atoms with E-state index in [1.807, 2.05) is 35.4 Å². The summed E-state index contributed by atoms with van der Waals surface area (Å²) in [6, 6.07) is 15.1. The largest absolute Gasteiger partial charge is 0.359 e. The monoisotopic (exact) mass is 340 g/mol. The number of nitrogens with one attached hydrogen (secondary N) is 1. The molecule has 0 unspecified atom stereocenters. The van der Waals surface area contributed by atoms with Gasteiger partial charge in [0.15, 0.2) is 0 Å². The molecule has 0 radical (unpaired) electrons. The van der Waals surface area contributed by atoms with Crippen molar-refractivity contribution in [3.05, 3.63) is 65.3 Å². The van der Waals surface area contributed by atoms with Crippen molar-refractivity contribution in [2.24, 2.45) is 5.92 Å². The van der Waals surface area contributed by atoms with Gasteiger partial charge in [0.2, 0.25) is 0 Å². The maximum absolute atomic E-state index is 13.1. The van der Waals surface area contributed by atoms with Gasteiger partial charge >= 0.3 is 0 Å². The lowest BCUT2D eigenvalue weighted by Gasteiger charge is -2.23. The lowest BCUT2D eigenvalue weighted by molar-refractivity contribution is 0.0986. The zero-order chi connectivity index (χ0) is 17.1. The summed E-state index contributed by atoms with van der Waals surface area (Å²) in [5.74, 6) is 0.521. The van der Waals surface area contributed by atoms with Crippen LogP contribution >= 0.6 is 11.6 Å². The molecule has 0 fully saturated rings. The van der Waals surface area contributed by atoms with Gasteiger partial charge in [-0.1, -0.05) is 43.6 Å². The fourth-order valence-electron chi connectivity index (χ4n) is 2.75. The first-order valence-electron chi connectivity index (χ1n) is 8.20. The van der Waals surface area contributed by atoms with Crippen LogP contribution in [0.25, 0.3) is 10.9 Å². The van der Waals surface area contributed by atoms with Crippen molar-refractivity contribution in [3.8, 4) is 0 Å². The van der Waals surface area contributed by atoms with Crippen molar-refractivity contribution in [2.45, 2.75) is 20.3 Å². The lowest BCUT2D eigenvalue weighted by atomic mass is 10.1. The number of amides is 1. The summed E-state index contributed by atoms with van der Waals surface area (Å²) in [6.45, 7) is 5.02. The van der Waals surface area contributed by atoms with E-state index in [2.05, 4.69) is 18.8 Å². The summed E-state index contributed by atoms with van der Waals surface area (Å²) in [6.07, 6.45) is 2.86. The first-order valence-corrected chi connectivity index (χ1v) is 8.57. The molecule has 1 heterocycles. The normalized spacial score (nSPS) is 11.2. The molecule has 0 saturated heterocycles. The number of H-pyrrole nitrogens is 1. The van der Waals surface area contributed by atoms with Gasteiger partial charge in [-0.3, -0.25) is 4.79 Å². The summed E-state index contributed by atoms with van der Waals surface area (Å²) in [4.78, 5) is 18.2. The highest BCUT2D eigenvalue weighted by Crippen LogP contribution is 2.28. The zero-order valence-electron chi connectivity index (χ0n) is 13.9. The second kappa shape index (κ2) is 7.10. The molecular weight excluding hydrogens is 320 g/mol. The summed E-state index contributed by atoms with van der Waals surface area (Å²) < 4.78 is 0. The minimum absolute atomic E-state index is 0.00271. The number of carbonyl (C=O) groups is 1. The molecular formula is C20H21ClN2O. The van der Waals surface area contributed by atoms with Crippen molar-refractivity contribution < 1.29 is 4.79 Å². The van der Waals surface area contributed by atoms with Gasteiger partial charge in [0.1, 0.15) is 0 Å². The van der Waals surface area contributed by atoms with Crippen LogP contribution in [0.3, 0.4) is 0 Å². The third-order valence-corrected chi connectivity index (χ3v) is 4.38. The zero-order valence-corrected chi connectivity index (χ0v) is 14.7. The number of hydrogen-bond acceptors (Lipinski definition) is 1. The molecule has 3 aromatic rings. The molecule has 4 heteroatoms. The highest BCUT2D eigenvalue weighted by atomic mass is 35.5. The van der Waals surface area contributed by atoms with Gasteiger partial charge in [0, 0.05) is 34.2 Å². The number of anilines is 1. The summed E-state index contributed by atoms with van der Waals surface area (Å²) in [5, 5.41) is 1.69. The smallest absolute Gasteiger partial charge is 0.258 e. The fraction of sp³-hybridized carbons (Fsp3) is 0.250. The first kappa shape index (κ1) is 16.6. The number of rotatable bonds is 5. The summed E-state index contributed by atoms with van der Waals surface area (Å²) in [5.41, 5.74) is 2.60. The van der Waals surface area contributed by atoms with Crippen molar-refractivity contribution in [1.82, 2.24) is 4.98 Å². The van der Waals surface area contributed by atoms with E-state index in [9.17, 15) is 4.79 Å². The Kier molecular flexibility index (Phi) is 4.91. The number of aromatic nitrogens is 1. The van der Waals surface area contributed by atoms with Crippen LogP contribution in [0, 0.1) is 5.92 Å². The SMILES string of the molecule is CC(C)CCN(C(=O)c1ccc(Cl)cc1)c1c[nH]c2ccccc12. The second-order valence-electron chi connectivity index (χ2n) is 6.37. The standard InChI is InChI=1S/C20H21ClN2O/c1-14(2)11-12-23(20(24)15-7-9-16(21)10-8-15)19-13-22-18-6-4-3-5-17(18)19/h3-10,13-14,22H,11-12H2,1-2H3. The van der Waals surface area contributed by atoms with Gasteiger partial charge in [-0.05, 0) is 42.7 Å². The van der Waals surface area contributed by atoms with E-state index in [1.165, 1.54) is 0 Å². The van der Waals surface area contributed by atoms with Crippen LogP contribution in [0.2, 0.25) is 5.02 Å². The second-order valence-corrected chi connectivity index (χ2v) is 6.80. The maximum Gasteiger partial charge on any atom is 0.258 e. The van der Waals surface area contributed by atoms with Crippen LogP contribution in [0.15, 0.2) is 54.7 Å². The molecule has 0 spiro atoms. The molecule has 2 aromatic carbocycles. The van der Waals surface area contributed by atoms with E-state index in [4.69, 9.17) is 11.6 Å². The average molecular weight is 341 g/mol. The Labute approximate surface area is 147 Å². The number of halogens is 1. The molecule has 0 bridgehead atoms. The van der Waals surface area contributed by atoms with Crippen molar-refractivity contribution in [2.75, 3.05) is 11.4 Å². The van der Waals surface area contributed by atoms with Crippen molar-refractivity contribution >= 4 is 34.1 Å². The number of nitrogens with zero attached hydrogens (tertiary/aromatic N) is 1. The number of benzene rings is 2. The molecule has 124 valence electrons. The number of hydrogen-bond donors (Lipinski definition) is 1. The molecule has 0 saturated carbocycles. The van der Waals surface area contributed by atoms with Crippen molar-refractivity contribution in [1.29, 1.82) is 0 Å². The van der Waals surface area contributed by atoms with Gasteiger partial charge in [0.05, 0.1) is 5.69 Å². The van der Waals surface area contributed by atoms with Gasteiger partial charge in [-0.15, -0.1) is 0 Å². The Hall–Kier alpha value is -2.26. The van der Waals surface area contributed by atoms with E-state index < -0.39 is 0 Å². The van der Waals surface area contributed by atoms with Crippen LogP contribution in [0.4, 0.5) is 5.69 Å². The number of carbonyl (C=O) groups excluding carboxylic acids is 1. The van der Waals surface area contributed by atoms with Gasteiger partial charge < -0.3 is 9.88 Å². The van der Waals surface area contributed by atoms with E-state index in [0.29, 0.717) is 23.0 Å². The molecule has 1 N–H and O–H groups in total. The molecule has 1 amide bonds. The molecule has 1 aromatic heterocycles. The van der Waals surface area contributed by atoms with E-state index >= 15 is 0 Å². The predicted molar refractivity (Wildman–Crippen MR) is 101 cm³/mol. The topological polar surface area (TPSA) is 36.1 Å². The third kappa shape index (κ3) is 3.46. The maximum atomic E-state index is 13.1. The van der Waals surface area contributed by atoms with Crippen LogP contribution in [-0.2, 0) is 0 Å². The minimum Gasteiger partial charge on any atom is -0.359 e. The summed E-state index contributed by atoms with van der Waals surface area (Å²) >= 11 is 5.95. The quantitative estimate of drug-likeness (QED) is 0.652. The molecule has 0 aliphatic carbocycles. The third-order valence-electron chi connectivity index (χ3n) is 4.12. The summed E-state index contributed by atoms with van der Waals surface area (Å²) in [7, 11) is 0. The average Bonchev–Trinajstić information content (AvgIpc) is 2.99. The van der Waals surface area contributed by atoms with E-state index in [1.54, 1.807) is 24.3 Å². The van der Waals surface area contributed by atoms with E-state index in [-0.39, 0.29) is 5.91 Å². The Morgan fingerprint density at radius 3 is 2.54 bits per heavy atom. The minimum atomic E-state index is -0.00271. The van der Waals surface area contributed by atoms with Crippen molar-refractivity contribution in [3.63, 3.8) is 0 Å². The Morgan fingerprint density at radius 2 is 1.83 bits per heavy atom. The highest BCUT2D eigenvalue weighted by Gasteiger charge is 2.20. The Morgan fingerprint density at radius 1 is 1.12 bits per heavy atom. The van der Waals surface area contributed by atoms with Gasteiger partial charge in [-0.2, -0.15) is 0 Å². The molecule has 3 rings (SSSR count). The lowest BCUT2D eigenvalue weighted by Crippen LogP contribution is -2.32. The van der Waals surface area contributed by atoms with Gasteiger partial charge in [-0.25, -0.2) is 0 Å². The fourth-order valence-corrected chi connectivity index (χ4v) is 2.87. The number of aromatic amines is 1. The first-order chi connectivity index (χ1) is 11.6. The molecule has 0 aliphatic rings. The van der Waals surface area contributed by atoms with Crippen LogP contribution < -0.4 is 4.90 Å². The number of fused-ring (bicyclic) bond motifs is 1. The molecule has 0 atom stereocenters.